The zero-order valence-corrected chi connectivity index (χ0v) is 9.55. The van der Waals surface area contributed by atoms with Gasteiger partial charge in [-0.3, -0.25) is 9.59 Å². The topological polar surface area (TPSA) is 70.5 Å². The molecule has 5 nitrogen and oxygen atoms in total. The van der Waals surface area contributed by atoms with E-state index in [-0.39, 0.29) is 11.7 Å². The number of carboxylic acid groups (broad SMARTS) is 1. The Kier molecular flexibility index (Phi) is 4.14. The molecule has 1 aromatic heterocycles. The molecule has 0 spiro atoms. The van der Waals surface area contributed by atoms with Gasteiger partial charge in [-0.25, -0.2) is 9.37 Å². The summed E-state index contributed by atoms with van der Waals surface area (Å²) in [7, 11) is 0. The Morgan fingerprint density at radius 1 is 1.47 bits per heavy atom. The Morgan fingerprint density at radius 3 is 2.53 bits per heavy atom. The molecule has 0 aromatic carbocycles. The number of hydrogen-bond acceptors (Lipinski definition) is 3. The van der Waals surface area contributed by atoms with Crippen molar-refractivity contribution in [3.63, 3.8) is 0 Å². The van der Waals surface area contributed by atoms with Crippen molar-refractivity contribution in [3.8, 4) is 0 Å². The lowest BCUT2D eigenvalue weighted by Gasteiger charge is -2.24. The molecule has 0 bridgehead atoms. The number of carboxylic acids is 1. The fraction of sp³-hybridized carbons (Fsp3) is 0.364. The van der Waals surface area contributed by atoms with Crippen molar-refractivity contribution in [2.45, 2.75) is 19.9 Å². The minimum absolute atomic E-state index is 0.0290. The number of carbonyl (C=O) groups is 2. The highest BCUT2D eigenvalue weighted by Crippen LogP contribution is 2.07. The van der Waals surface area contributed by atoms with Gasteiger partial charge in [0, 0.05) is 6.04 Å². The van der Waals surface area contributed by atoms with E-state index in [0.29, 0.717) is 0 Å². The molecule has 0 radical (unpaired) electrons. The predicted molar refractivity (Wildman–Crippen MR) is 58.0 cm³/mol. The Hall–Kier alpha value is -1.98. The standard InChI is InChI=1S/C11H13FN2O3/c1-7(2)14(6-10(15)16)11(17)9-4-3-8(12)5-13-9/h3-5,7H,6H2,1-2H3,(H,15,16). The maximum atomic E-state index is 12.6. The number of pyridine rings is 1. The number of amides is 1. The van der Waals surface area contributed by atoms with Gasteiger partial charge in [0.05, 0.1) is 6.20 Å². The molecule has 1 rings (SSSR count). The summed E-state index contributed by atoms with van der Waals surface area (Å²) in [5.41, 5.74) is 0.0290. The molecule has 17 heavy (non-hydrogen) atoms. The molecular formula is C11H13FN2O3. The molecule has 0 atom stereocenters. The van der Waals surface area contributed by atoms with Gasteiger partial charge in [-0.05, 0) is 26.0 Å². The third kappa shape index (κ3) is 3.51. The van der Waals surface area contributed by atoms with Crippen LogP contribution in [-0.4, -0.2) is 39.5 Å². The third-order valence-electron chi connectivity index (χ3n) is 2.14. The summed E-state index contributed by atoms with van der Waals surface area (Å²) in [6.45, 7) is 2.99. The van der Waals surface area contributed by atoms with Crippen LogP contribution in [0.5, 0.6) is 0 Å². The molecule has 1 amide bonds. The number of halogens is 1. The average molecular weight is 240 g/mol. The van der Waals surface area contributed by atoms with Gasteiger partial charge in [0.25, 0.3) is 5.91 Å². The van der Waals surface area contributed by atoms with Gasteiger partial charge in [0.1, 0.15) is 18.1 Å². The number of nitrogens with zero attached hydrogens (tertiary/aromatic N) is 2. The zero-order chi connectivity index (χ0) is 13.0. The molecule has 0 saturated heterocycles. The summed E-state index contributed by atoms with van der Waals surface area (Å²) >= 11 is 0. The summed E-state index contributed by atoms with van der Waals surface area (Å²) in [6.07, 6.45) is 0.923. The van der Waals surface area contributed by atoms with Gasteiger partial charge >= 0.3 is 5.97 Å². The predicted octanol–water partition coefficient (Wildman–Crippen LogP) is 1.16. The normalized spacial score (nSPS) is 10.4. The first kappa shape index (κ1) is 13.1. The van der Waals surface area contributed by atoms with Crippen molar-refractivity contribution >= 4 is 11.9 Å². The highest BCUT2D eigenvalue weighted by atomic mass is 19.1. The first-order valence-electron chi connectivity index (χ1n) is 5.06. The second kappa shape index (κ2) is 5.38. The average Bonchev–Trinajstić information content (AvgIpc) is 2.25. The first-order chi connectivity index (χ1) is 7.91. The summed E-state index contributed by atoms with van der Waals surface area (Å²) in [5, 5.41) is 8.70. The van der Waals surface area contributed by atoms with Gasteiger partial charge in [-0.1, -0.05) is 0 Å². The van der Waals surface area contributed by atoms with Crippen molar-refractivity contribution in [2.75, 3.05) is 6.54 Å². The van der Waals surface area contributed by atoms with Crippen LogP contribution in [0.25, 0.3) is 0 Å². The van der Waals surface area contributed by atoms with Crippen LogP contribution in [-0.2, 0) is 4.79 Å². The maximum Gasteiger partial charge on any atom is 0.323 e. The minimum atomic E-state index is -1.10. The van der Waals surface area contributed by atoms with E-state index in [9.17, 15) is 14.0 Å². The lowest BCUT2D eigenvalue weighted by molar-refractivity contribution is -0.138. The summed E-state index contributed by atoms with van der Waals surface area (Å²) in [5.74, 6) is -2.17. The number of rotatable bonds is 4. The van der Waals surface area contributed by atoms with E-state index >= 15 is 0 Å². The van der Waals surface area contributed by atoms with Crippen LogP contribution >= 0.6 is 0 Å². The molecule has 0 aliphatic carbocycles. The van der Waals surface area contributed by atoms with E-state index < -0.39 is 24.2 Å². The first-order valence-corrected chi connectivity index (χ1v) is 5.06. The molecule has 1 N–H and O–H groups in total. The summed E-state index contributed by atoms with van der Waals surface area (Å²) < 4.78 is 12.6. The van der Waals surface area contributed by atoms with Crippen LogP contribution in [0, 0.1) is 5.82 Å². The number of aliphatic carboxylic acids is 1. The van der Waals surface area contributed by atoms with E-state index in [0.717, 1.165) is 17.2 Å². The molecule has 0 aliphatic rings. The maximum absolute atomic E-state index is 12.6. The quantitative estimate of drug-likeness (QED) is 0.857. The van der Waals surface area contributed by atoms with Crippen LogP contribution in [0.3, 0.4) is 0 Å². The van der Waals surface area contributed by atoms with Gasteiger partial charge in [-0.2, -0.15) is 0 Å². The smallest absolute Gasteiger partial charge is 0.323 e. The molecule has 0 fully saturated rings. The van der Waals surface area contributed by atoms with Gasteiger partial charge < -0.3 is 10.0 Å². The third-order valence-corrected chi connectivity index (χ3v) is 2.14. The minimum Gasteiger partial charge on any atom is -0.480 e. The van der Waals surface area contributed by atoms with Crippen LogP contribution in [0.15, 0.2) is 18.3 Å². The number of aromatic nitrogens is 1. The lowest BCUT2D eigenvalue weighted by atomic mass is 10.2. The van der Waals surface area contributed by atoms with Crippen LogP contribution in [0.1, 0.15) is 24.3 Å². The monoisotopic (exact) mass is 240 g/mol. The van der Waals surface area contributed by atoms with E-state index in [1.807, 2.05) is 0 Å². The lowest BCUT2D eigenvalue weighted by Crippen LogP contribution is -2.41. The number of carbonyl (C=O) groups excluding carboxylic acids is 1. The largest absolute Gasteiger partial charge is 0.480 e. The molecule has 6 heteroatoms. The Morgan fingerprint density at radius 2 is 2.12 bits per heavy atom. The van der Waals surface area contributed by atoms with E-state index in [1.165, 1.54) is 6.07 Å². The van der Waals surface area contributed by atoms with Gasteiger partial charge in [0.15, 0.2) is 0 Å². The molecule has 1 aromatic rings. The Bertz CT molecular complexity index is 417. The SMILES string of the molecule is CC(C)N(CC(=O)O)C(=O)c1ccc(F)cn1. The van der Waals surface area contributed by atoms with Gasteiger partial charge in [0.2, 0.25) is 0 Å². The second-order valence-corrected chi connectivity index (χ2v) is 3.78. The fourth-order valence-electron chi connectivity index (χ4n) is 1.28. The highest BCUT2D eigenvalue weighted by molar-refractivity contribution is 5.94. The highest BCUT2D eigenvalue weighted by Gasteiger charge is 2.22. The van der Waals surface area contributed by atoms with E-state index in [1.54, 1.807) is 13.8 Å². The molecule has 0 unspecified atom stereocenters. The van der Waals surface area contributed by atoms with E-state index in [2.05, 4.69) is 4.98 Å². The van der Waals surface area contributed by atoms with Gasteiger partial charge in [-0.15, -0.1) is 0 Å². The molecule has 0 saturated carbocycles. The Labute approximate surface area is 97.9 Å². The number of hydrogen-bond donors (Lipinski definition) is 1. The van der Waals surface area contributed by atoms with E-state index in [4.69, 9.17) is 5.11 Å². The van der Waals surface area contributed by atoms with Crippen molar-refractivity contribution in [2.24, 2.45) is 0 Å². The molecule has 0 aliphatic heterocycles. The molecular weight excluding hydrogens is 227 g/mol. The van der Waals surface area contributed by atoms with Crippen molar-refractivity contribution in [1.82, 2.24) is 9.88 Å². The van der Waals surface area contributed by atoms with Crippen LogP contribution in [0.4, 0.5) is 4.39 Å². The van der Waals surface area contributed by atoms with Crippen LogP contribution in [0.2, 0.25) is 0 Å². The summed E-state index contributed by atoms with van der Waals surface area (Å²) in [4.78, 5) is 27.3. The zero-order valence-electron chi connectivity index (χ0n) is 9.55. The van der Waals surface area contributed by atoms with Crippen LogP contribution < -0.4 is 0 Å². The molecule has 92 valence electrons. The van der Waals surface area contributed by atoms with Crippen molar-refractivity contribution in [1.29, 1.82) is 0 Å². The van der Waals surface area contributed by atoms with Crippen molar-refractivity contribution < 1.29 is 19.1 Å². The van der Waals surface area contributed by atoms with Crippen molar-refractivity contribution in [3.05, 3.63) is 29.8 Å². The molecule has 1 heterocycles. The second-order valence-electron chi connectivity index (χ2n) is 3.78. The summed E-state index contributed by atoms with van der Waals surface area (Å²) in [6, 6.07) is 2.07. The fourth-order valence-corrected chi connectivity index (χ4v) is 1.28. The Balaban J connectivity index is 2.91.